The van der Waals surface area contributed by atoms with E-state index in [0.29, 0.717) is 12.4 Å². The minimum Gasteiger partial charge on any atom is -0.489 e. The quantitative estimate of drug-likeness (QED) is 0.321. The van der Waals surface area contributed by atoms with Crippen molar-refractivity contribution in [2.24, 2.45) is 5.73 Å². The molecule has 5 nitrogen and oxygen atoms in total. The van der Waals surface area contributed by atoms with Crippen LogP contribution < -0.4 is 15.2 Å². The second-order valence-electron chi connectivity index (χ2n) is 5.25. The lowest BCUT2D eigenvalue weighted by molar-refractivity contribution is -0.131. The fourth-order valence-electron chi connectivity index (χ4n) is 2.27. The maximum atomic E-state index is 11.0. The molecule has 3 aromatic rings. The fraction of sp³-hybridized carbons (Fsp3) is 0.111. The molecule has 0 unspecified atom stereocenters. The van der Waals surface area contributed by atoms with Gasteiger partial charge in [0.15, 0.2) is 0 Å². The van der Waals surface area contributed by atoms with Gasteiger partial charge in [-0.05, 0) is 47.3 Å². The summed E-state index contributed by atoms with van der Waals surface area (Å²) in [4.78, 5) is 11.7. The molecule has 0 aliphatic heterocycles. The van der Waals surface area contributed by atoms with E-state index >= 15 is 0 Å². The van der Waals surface area contributed by atoms with Crippen LogP contribution in [0.1, 0.15) is 17.4 Å². The Bertz CT molecular complexity index is 918. The summed E-state index contributed by atoms with van der Waals surface area (Å²) in [5.74, 6) is 0.958. The highest BCUT2D eigenvalue weighted by atomic mass is 32.1. The average Bonchev–Trinajstić information content (AvgIpc) is 2.96. The fourth-order valence-corrected chi connectivity index (χ4v) is 3.22. The van der Waals surface area contributed by atoms with Gasteiger partial charge >= 0.3 is 5.97 Å². The molecule has 0 saturated carbocycles. The van der Waals surface area contributed by atoms with Crippen LogP contribution in [-0.4, -0.2) is 11.8 Å². The SMILES string of the molecule is CC(=O)Oc1cccc(COc2ccc3cc(C(=N)N)sc3c2)c1. The zero-order valence-corrected chi connectivity index (χ0v) is 13.9. The van der Waals surface area contributed by atoms with E-state index in [1.807, 2.05) is 36.4 Å². The molecule has 0 amide bonds. The molecule has 0 fully saturated rings. The zero-order valence-electron chi connectivity index (χ0n) is 13.0. The van der Waals surface area contributed by atoms with Gasteiger partial charge in [0.25, 0.3) is 0 Å². The molecule has 6 heteroatoms. The van der Waals surface area contributed by atoms with Gasteiger partial charge < -0.3 is 15.2 Å². The van der Waals surface area contributed by atoms with Crippen molar-refractivity contribution in [2.45, 2.75) is 13.5 Å². The van der Waals surface area contributed by atoms with Gasteiger partial charge in [-0.2, -0.15) is 0 Å². The third kappa shape index (κ3) is 3.72. The number of nitrogen functional groups attached to an aromatic ring is 1. The van der Waals surface area contributed by atoms with E-state index < -0.39 is 0 Å². The lowest BCUT2D eigenvalue weighted by atomic mass is 10.2. The molecule has 3 N–H and O–H groups in total. The molecule has 0 atom stereocenters. The smallest absolute Gasteiger partial charge is 0.308 e. The Morgan fingerprint density at radius 2 is 2.00 bits per heavy atom. The van der Waals surface area contributed by atoms with Crippen molar-refractivity contribution in [3.63, 3.8) is 0 Å². The molecule has 1 aromatic heterocycles. The van der Waals surface area contributed by atoms with Crippen molar-refractivity contribution < 1.29 is 14.3 Å². The molecule has 0 aliphatic rings. The highest BCUT2D eigenvalue weighted by Crippen LogP contribution is 2.29. The van der Waals surface area contributed by atoms with E-state index in [4.69, 9.17) is 20.6 Å². The Morgan fingerprint density at radius 3 is 2.75 bits per heavy atom. The van der Waals surface area contributed by atoms with E-state index in [0.717, 1.165) is 26.3 Å². The van der Waals surface area contributed by atoms with Gasteiger partial charge in [0.1, 0.15) is 23.9 Å². The van der Waals surface area contributed by atoms with Gasteiger partial charge in [0.2, 0.25) is 0 Å². The Morgan fingerprint density at radius 1 is 1.17 bits per heavy atom. The molecule has 0 spiro atoms. The molecule has 0 saturated heterocycles. The number of thiophene rings is 1. The summed E-state index contributed by atoms with van der Waals surface area (Å²) in [7, 11) is 0. The molecule has 3 rings (SSSR count). The summed E-state index contributed by atoms with van der Waals surface area (Å²) in [6, 6.07) is 14.9. The minimum absolute atomic E-state index is 0.0703. The van der Waals surface area contributed by atoms with Gasteiger partial charge in [0, 0.05) is 11.6 Å². The predicted octanol–water partition coefficient (Wildman–Crippen LogP) is 3.69. The standard InChI is InChI=1S/C18H16N2O3S/c1-11(21)23-15-4-2-3-12(7-15)10-22-14-6-5-13-8-17(18(19)20)24-16(13)9-14/h2-9H,10H2,1H3,(H3,19,20). The lowest BCUT2D eigenvalue weighted by Gasteiger charge is -2.08. The van der Waals surface area contributed by atoms with Crippen molar-refractivity contribution >= 4 is 33.2 Å². The van der Waals surface area contributed by atoms with E-state index in [9.17, 15) is 4.79 Å². The number of hydrogen-bond donors (Lipinski definition) is 2. The Balaban J connectivity index is 1.73. The number of benzene rings is 2. The van der Waals surface area contributed by atoms with Crippen molar-refractivity contribution in [3.05, 3.63) is 59.0 Å². The van der Waals surface area contributed by atoms with Gasteiger partial charge in [-0.1, -0.05) is 12.1 Å². The molecule has 0 aliphatic carbocycles. The monoisotopic (exact) mass is 340 g/mol. The second kappa shape index (κ2) is 6.72. The number of carbonyl (C=O) groups is 1. The molecular weight excluding hydrogens is 324 g/mol. The van der Waals surface area contributed by atoms with Gasteiger partial charge in [-0.3, -0.25) is 10.2 Å². The second-order valence-corrected chi connectivity index (χ2v) is 6.34. The number of amidine groups is 1. The summed E-state index contributed by atoms with van der Waals surface area (Å²) >= 11 is 1.46. The number of esters is 1. The van der Waals surface area contributed by atoms with E-state index in [-0.39, 0.29) is 11.8 Å². The summed E-state index contributed by atoms with van der Waals surface area (Å²) < 4.78 is 11.9. The normalized spacial score (nSPS) is 10.5. The Labute approximate surface area is 143 Å². The van der Waals surface area contributed by atoms with Crippen LogP contribution in [0, 0.1) is 5.41 Å². The predicted molar refractivity (Wildman–Crippen MR) is 94.9 cm³/mol. The van der Waals surface area contributed by atoms with Crippen LogP contribution >= 0.6 is 11.3 Å². The van der Waals surface area contributed by atoms with Crippen molar-refractivity contribution in [1.29, 1.82) is 5.41 Å². The van der Waals surface area contributed by atoms with Crippen molar-refractivity contribution in [1.82, 2.24) is 0 Å². The molecule has 24 heavy (non-hydrogen) atoms. The molecule has 1 heterocycles. The number of hydrogen-bond acceptors (Lipinski definition) is 5. The largest absolute Gasteiger partial charge is 0.489 e. The maximum absolute atomic E-state index is 11.0. The zero-order chi connectivity index (χ0) is 17.1. The van der Waals surface area contributed by atoms with E-state index in [1.165, 1.54) is 18.3 Å². The van der Waals surface area contributed by atoms with Crippen molar-refractivity contribution in [3.8, 4) is 11.5 Å². The van der Waals surface area contributed by atoms with Crippen LogP contribution in [0.5, 0.6) is 11.5 Å². The molecule has 2 aromatic carbocycles. The number of carbonyl (C=O) groups excluding carboxylic acids is 1. The molecule has 0 radical (unpaired) electrons. The van der Waals surface area contributed by atoms with Crippen LogP contribution in [0.25, 0.3) is 10.1 Å². The van der Waals surface area contributed by atoms with Crippen LogP contribution in [0.15, 0.2) is 48.5 Å². The average molecular weight is 340 g/mol. The van der Waals surface area contributed by atoms with Gasteiger partial charge in [-0.25, -0.2) is 0 Å². The lowest BCUT2D eigenvalue weighted by Crippen LogP contribution is -2.08. The van der Waals surface area contributed by atoms with E-state index in [1.54, 1.807) is 12.1 Å². The van der Waals surface area contributed by atoms with Gasteiger partial charge in [-0.15, -0.1) is 11.3 Å². The molecule has 0 bridgehead atoms. The Kier molecular flexibility index (Phi) is 4.48. The minimum atomic E-state index is -0.350. The summed E-state index contributed by atoms with van der Waals surface area (Å²) in [5.41, 5.74) is 6.43. The topological polar surface area (TPSA) is 85.4 Å². The number of fused-ring (bicyclic) bond motifs is 1. The number of ether oxygens (including phenoxy) is 2. The summed E-state index contributed by atoms with van der Waals surface area (Å²) in [5, 5.41) is 8.54. The number of nitrogens with two attached hydrogens (primary N) is 1. The van der Waals surface area contributed by atoms with Crippen LogP contribution in [0.4, 0.5) is 0 Å². The first-order valence-electron chi connectivity index (χ1n) is 7.29. The molecular formula is C18H16N2O3S. The summed E-state index contributed by atoms with van der Waals surface area (Å²) in [6.45, 7) is 1.74. The third-order valence-electron chi connectivity index (χ3n) is 3.32. The maximum Gasteiger partial charge on any atom is 0.308 e. The van der Waals surface area contributed by atoms with Crippen LogP contribution in [-0.2, 0) is 11.4 Å². The number of rotatable bonds is 5. The van der Waals surface area contributed by atoms with Crippen molar-refractivity contribution in [2.75, 3.05) is 0 Å². The van der Waals surface area contributed by atoms with Crippen LogP contribution in [0.3, 0.4) is 0 Å². The highest BCUT2D eigenvalue weighted by molar-refractivity contribution is 7.20. The van der Waals surface area contributed by atoms with E-state index in [2.05, 4.69) is 0 Å². The third-order valence-corrected chi connectivity index (χ3v) is 4.45. The van der Waals surface area contributed by atoms with Gasteiger partial charge in [0.05, 0.1) is 4.88 Å². The first kappa shape index (κ1) is 16.0. The Hall–Kier alpha value is -2.86. The number of nitrogens with one attached hydrogen (secondary N) is 1. The first-order chi connectivity index (χ1) is 11.5. The highest BCUT2D eigenvalue weighted by Gasteiger charge is 2.06. The molecule has 122 valence electrons. The first-order valence-corrected chi connectivity index (χ1v) is 8.11. The summed E-state index contributed by atoms with van der Waals surface area (Å²) in [6.07, 6.45) is 0. The van der Waals surface area contributed by atoms with Crippen LogP contribution in [0.2, 0.25) is 0 Å².